The summed E-state index contributed by atoms with van der Waals surface area (Å²) in [6, 6.07) is 13.7. The van der Waals surface area contributed by atoms with Gasteiger partial charge in [0.25, 0.3) is 0 Å². The molecule has 0 fully saturated rings. The number of carbonyl (C=O) groups excluding carboxylic acids is 1. The van der Waals surface area contributed by atoms with Crippen molar-refractivity contribution in [2.75, 3.05) is 0 Å². The van der Waals surface area contributed by atoms with Crippen LogP contribution < -0.4 is 4.74 Å². The molecule has 0 saturated carbocycles. The zero-order valence-corrected chi connectivity index (χ0v) is 11.9. The molecule has 2 aromatic rings. The highest BCUT2D eigenvalue weighted by atomic mass is 16.6. The van der Waals surface area contributed by atoms with Gasteiger partial charge in [-0.15, -0.1) is 0 Å². The lowest BCUT2D eigenvalue weighted by Crippen LogP contribution is -2.22. The molecule has 0 aliphatic carbocycles. The summed E-state index contributed by atoms with van der Waals surface area (Å²) >= 11 is 0. The van der Waals surface area contributed by atoms with Crippen molar-refractivity contribution in [3.05, 3.63) is 54.8 Å². The average Bonchev–Trinajstić information content (AvgIpc) is 2.37. The van der Waals surface area contributed by atoms with Gasteiger partial charge < -0.3 is 9.47 Å². The van der Waals surface area contributed by atoms with E-state index in [0.29, 0.717) is 5.75 Å². The summed E-state index contributed by atoms with van der Waals surface area (Å²) in [5, 5.41) is 2.10. The van der Waals surface area contributed by atoms with E-state index in [1.165, 1.54) is 12.3 Å². The molecule has 3 nitrogen and oxygen atoms in total. The molecule has 0 bridgehead atoms. The minimum atomic E-state index is -0.499. The molecule has 20 heavy (non-hydrogen) atoms. The molecule has 2 aromatic carbocycles. The lowest BCUT2D eigenvalue weighted by Gasteiger charge is -2.17. The van der Waals surface area contributed by atoms with Gasteiger partial charge in [-0.05, 0) is 32.2 Å². The number of hydrogen-bond acceptors (Lipinski definition) is 3. The predicted molar refractivity (Wildman–Crippen MR) is 79.6 cm³/mol. The van der Waals surface area contributed by atoms with Gasteiger partial charge in [-0.25, -0.2) is 4.79 Å². The first kappa shape index (κ1) is 14.1. The van der Waals surface area contributed by atoms with E-state index in [2.05, 4.69) is 0 Å². The van der Waals surface area contributed by atoms with Crippen LogP contribution in [0.4, 0.5) is 0 Å². The number of hydrogen-bond donors (Lipinski definition) is 0. The molecule has 0 aliphatic heterocycles. The van der Waals surface area contributed by atoms with Gasteiger partial charge in [-0.1, -0.05) is 36.4 Å². The summed E-state index contributed by atoms with van der Waals surface area (Å²) in [6.07, 6.45) is 2.64. The molecule has 104 valence electrons. The second-order valence-corrected chi connectivity index (χ2v) is 5.43. The second kappa shape index (κ2) is 5.78. The van der Waals surface area contributed by atoms with Crippen LogP contribution in [0.15, 0.2) is 54.8 Å². The Morgan fingerprint density at radius 2 is 1.75 bits per heavy atom. The summed E-state index contributed by atoms with van der Waals surface area (Å²) in [7, 11) is 0. The summed E-state index contributed by atoms with van der Waals surface area (Å²) in [5.41, 5.74) is -0.499. The van der Waals surface area contributed by atoms with Crippen molar-refractivity contribution in [3.63, 3.8) is 0 Å². The highest BCUT2D eigenvalue weighted by Crippen LogP contribution is 2.25. The van der Waals surface area contributed by atoms with Crippen LogP contribution in [0.25, 0.3) is 10.8 Å². The largest absolute Gasteiger partial charge is 0.464 e. The topological polar surface area (TPSA) is 35.5 Å². The fourth-order valence-corrected chi connectivity index (χ4v) is 1.80. The molecule has 0 saturated heterocycles. The third-order valence-electron chi connectivity index (χ3n) is 2.56. The van der Waals surface area contributed by atoms with E-state index in [0.717, 1.165) is 10.8 Å². The Hall–Kier alpha value is -2.29. The minimum Gasteiger partial charge on any atom is -0.464 e. The number of carbonyl (C=O) groups is 1. The third-order valence-corrected chi connectivity index (χ3v) is 2.56. The van der Waals surface area contributed by atoms with Gasteiger partial charge in [0.1, 0.15) is 11.4 Å². The molecule has 0 atom stereocenters. The summed E-state index contributed by atoms with van der Waals surface area (Å²) < 4.78 is 10.7. The van der Waals surface area contributed by atoms with Crippen LogP contribution in [0, 0.1) is 0 Å². The Bertz CT molecular complexity index is 631. The molecule has 0 amide bonds. The van der Waals surface area contributed by atoms with Gasteiger partial charge in [-0.3, -0.25) is 0 Å². The highest BCUT2D eigenvalue weighted by Gasteiger charge is 2.13. The van der Waals surface area contributed by atoms with Crippen molar-refractivity contribution in [1.82, 2.24) is 0 Å². The van der Waals surface area contributed by atoms with Crippen LogP contribution in [0.5, 0.6) is 5.75 Å². The molecule has 0 N–H and O–H groups in total. The highest BCUT2D eigenvalue weighted by molar-refractivity contribution is 5.88. The van der Waals surface area contributed by atoms with Gasteiger partial charge >= 0.3 is 5.97 Å². The SMILES string of the molecule is CC(C)(C)OC(=O)/C=C/Oc1cccc2ccccc12. The normalized spacial score (nSPS) is 11.8. The van der Waals surface area contributed by atoms with Gasteiger partial charge in [0.2, 0.25) is 0 Å². The number of fused-ring (bicyclic) bond motifs is 1. The molecular formula is C17H18O3. The predicted octanol–water partition coefficient (Wildman–Crippen LogP) is 4.07. The van der Waals surface area contributed by atoms with Crippen molar-refractivity contribution in [2.24, 2.45) is 0 Å². The molecule has 0 aliphatic rings. The van der Waals surface area contributed by atoms with E-state index in [9.17, 15) is 4.79 Å². The smallest absolute Gasteiger partial charge is 0.334 e. The monoisotopic (exact) mass is 270 g/mol. The Labute approximate surface area is 118 Å². The summed E-state index contributed by atoms with van der Waals surface area (Å²) in [4.78, 5) is 11.5. The number of rotatable bonds is 3. The van der Waals surface area contributed by atoms with Crippen LogP contribution in [0.1, 0.15) is 20.8 Å². The van der Waals surface area contributed by atoms with Crippen LogP contribution in [0.3, 0.4) is 0 Å². The van der Waals surface area contributed by atoms with E-state index in [-0.39, 0.29) is 0 Å². The lowest BCUT2D eigenvalue weighted by atomic mass is 10.1. The average molecular weight is 270 g/mol. The van der Waals surface area contributed by atoms with E-state index in [1.807, 2.05) is 63.2 Å². The minimum absolute atomic E-state index is 0.419. The first-order valence-corrected chi connectivity index (χ1v) is 6.50. The molecule has 0 aromatic heterocycles. The first-order valence-electron chi connectivity index (χ1n) is 6.50. The second-order valence-electron chi connectivity index (χ2n) is 5.43. The number of benzene rings is 2. The van der Waals surface area contributed by atoms with E-state index < -0.39 is 11.6 Å². The zero-order chi connectivity index (χ0) is 14.6. The van der Waals surface area contributed by atoms with E-state index in [4.69, 9.17) is 9.47 Å². The molecule has 0 unspecified atom stereocenters. The van der Waals surface area contributed by atoms with Gasteiger partial charge in [0.15, 0.2) is 0 Å². The molecular weight excluding hydrogens is 252 g/mol. The first-order chi connectivity index (χ1) is 9.46. The van der Waals surface area contributed by atoms with Gasteiger partial charge in [-0.2, -0.15) is 0 Å². The van der Waals surface area contributed by atoms with Gasteiger partial charge in [0, 0.05) is 5.39 Å². The maximum atomic E-state index is 11.5. The number of esters is 1. The van der Waals surface area contributed by atoms with E-state index >= 15 is 0 Å². The molecule has 0 heterocycles. The van der Waals surface area contributed by atoms with Crippen LogP contribution in [-0.2, 0) is 9.53 Å². The summed E-state index contributed by atoms with van der Waals surface area (Å²) in [6.45, 7) is 5.47. The zero-order valence-electron chi connectivity index (χ0n) is 11.9. The lowest BCUT2D eigenvalue weighted by molar-refractivity contribution is -0.148. The van der Waals surface area contributed by atoms with Crippen molar-refractivity contribution < 1.29 is 14.3 Å². The van der Waals surface area contributed by atoms with Crippen molar-refractivity contribution in [1.29, 1.82) is 0 Å². The molecule has 2 rings (SSSR count). The Balaban J connectivity index is 2.08. The fourth-order valence-electron chi connectivity index (χ4n) is 1.80. The third kappa shape index (κ3) is 3.85. The molecule has 0 spiro atoms. The van der Waals surface area contributed by atoms with Crippen molar-refractivity contribution >= 4 is 16.7 Å². The van der Waals surface area contributed by atoms with E-state index in [1.54, 1.807) is 0 Å². The fraction of sp³-hybridized carbons (Fsp3) is 0.235. The van der Waals surface area contributed by atoms with Gasteiger partial charge in [0.05, 0.1) is 12.3 Å². The maximum Gasteiger partial charge on any atom is 0.334 e. The maximum absolute atomic E-state index is 11.5. The standard InChI is InChI=1S/C17H18O3/c1-17(2,3)20-16(18)11-12-19-15-10-6-8-13-7-4-5-9-14(13)15/h4-12H,1-3H3/b12-11+. The number of ether oxygens (including phenoxy) is 2. The Morgan fingerprint density at radius 1 is 1.05 bits per heavy atom. The quantitative estimate of drug-likeness (QED) is 0.479. The Morgan fingerprint density at radius 3 is 2.50 bits per heavy atom. The molecule has 3 heteroatoms. The van der Waals surface area contributed by atoms with Crippen molar-refractivity contribution in [3.8, 4) is 5.75 Å². The molecule has 0 radical (unpaired) electrons. The van der Waals surface area contributed by atoms with Crippen LogP contribution in [-0.4, -0.2) is 11.6 Å². The van der Waals surface area contributed by atoms with Crippen molar-refractivity contribution in [2.45, 2.75) is 26.4 Å². The van der Waals surface area contributed by atoms with Crippen LogP contribution >= 0.6 is 0 Å². The summed E-state index contributed by atoms with van der Waals surface area (Å²) in [5.74, 6) is 0.292. The Kier molecular flexibility index (Phi) is 4.08. The van der Waals surface area contributed by atoms with Crippen LogP contribution in [0.2, 0.25) is 0 Å².